The number of carbonyl (C=O) groups excluding carboxylic acids is 4. The molecule has 0 spiro atoms. The number of ketones is 1. The third-order valence-electron chi connectivity index (χ3n) is 4.24. The quantitative estimate of drug-likeness (QED) is 0.144. The monoisotopic (exact) mass is 532 g/mol. The first kappa shape index (κ1) is 29.8. The van der Waals surface area contributed by atoms with Crippen molar-refractivity contribution in [2.24, 2.45) is 0 Å². The summed E-state index contributed by atoms with van der Waals surface area (Å²) in [6.45, 7) is 0.317. The minimum Gasteiger partial charge on any atom is -0.480 e. The number of thioether (sulfide) groups is 1. The number of Topliss-reactive ketones (excluding diaryl/α,β-unsaturated/α-hetero) is 1. The second-order valence-corrected chi connectivity index (χ2v) is 8.52. The van der Waals surface area contributed by atoms with Crippen LogP contribution in [0, 0.1) is 0 Å². The van der Waals surface area contributed by atoms with Crippen LogP contribution >= 0.6 is 23.4 Å². The number of carbonyl (C=O) groups is 6. The molecule has 0 heterocycles. The molecule has 0 aromatic heterocycles. The Morgan fingerprint density at radius 2 is 1.66 bits per heavy atom. The zero-order valence-corrected chi connectivity index (χ0v) is 20.1. The van der Waals surface area contributed by atoms with Crippen LogP contribution in [0.1, 0.15) is 19.8 Å². The van der Waals surface area contributed by atoms with Crippen LogP contribution in [0.5, 0.6) is 0 Å². The molecule has 15 heteroatoms. The van der Waals surface area contributed by atoms with E-state index < -0.39 is 47.6 Å². The van der Waals surface area contributed by atoms with Crippen molar-refractivity contribution >= 4 is 63.8 Å². The Hall–Kier alpha value is -3.20. The molecule has 0 aliphatic rings. The van der Waals surface area contributed by atoms with Gasteiger partial charge in [-0.05, 0) is 37.6 Å². The van der Waals surface area contributed by atoms with Gasteiger partial charge in [-0.2, -0.15) is 5.06 Å². The van der Waals surface area contributed by atoms with E-state index in [0.717, 1.165) is 0 Å². The van der Waals surface area contributed by atoms with Crippen LogP contribution in [-0.2, 0) is 24.0 Å². The van der Waals surface area contributed by atoms with Crippen molar-refractivity contribution in [2.45, 2.75) is 31.8 Å². The van der Waals surface area contributed by atoms with E-state index >= 15 is 0 Å². The topological polar surface area (TPSA) is 202 Å². The second kappa shape index (κ2) is 14.9. The number of hydrogen-bond acceptors (Lipinski definition) is 9. The van der Waals surface area contributed by atoms with E-state index in [2.05, 4.69) is 16.0 Å². The van der Waals surface area contributed by atoms with Gasteiger partial charge in [0.1, 0.15) is 24.4 Å². The minimum absolute atomic E-state index is 0.0978. The number of benzene rings is 1. The summed E-state index contributed by atoms with van der Waals surface area (Å²) in [4.78, 5) is 70.0. The summed E-state index contributed by atoms with van der Waals surface area (Å²) in [5.41, 5.74) is 0.0978. The number of anilines is 1. The maximum absolute atomic E-state index is 12.3. The molecule has 1 aromatic carbocycles. The van der Waals surface area contributed by atoms with Gasteiger partial charge < -0.3 is 20.8 Å². The number of nitrogens with zero attached hydrogens (tertiary/aromatic N) is 1. The molecule has 1 aromatic rings. The van der Waals surface area contributed by atoms with Crippen molar-refractivity contribution in [3.05, 3.63) is 29.3 Å². The third kappa shape index (κ3) is 11.7. The smallest absolute Gasteiger partial charge is 0.322 e. The lowest BCUT2D eigenvalue weighted by molar-refractivity contribution is -0.140. The van der Waals surface area contributed by atoms with Gasteiger partial charge in [-0.1, -0.05) is 23.4 Å². The summed E-state index contributed by atoms with van der Waals surface area (Å²) in [7, 11) is 0. The minimum atomic E-state index is -1.37. The van der Waals surface area contributed by atoms with E-state index in [0.29, 0.717) is 21.8 Å². The molecule has 6 N–H and O–H groups in total. The fraction of sp³-hybridized carbons (Fsp3) is 0.400. The van der Waals surface area contributed by atoms with E-state index in [9.17, 15) is 39.1 Å². The standard InChI is InChI=1S/C20H25ClN4O9S/c1-11(26)8-22-14(19(31)32)6-7-16(27)24-15(18(30)23-9-17(28)29)10-35-20(33)25(34)13-4-2-12(21)3-5-13/h2-5,14-15,22,34H,6-10H2,1H3,(H,23,30)(H,24,27)(H,28,29)(H,31,32). The van der Waals surface area contributed by atoms with E-state index in [1.54, 1.807) is 0 Å². The van der Waals surface area contributed by atoms with Crippen molar-refractivity contribution in [2.75, 3.05) is 23.9 Å². The average molecular weight is 533 g/mol. The number of aliphatic carboxylic acids is 2. The van der Waals surface area contributed by atoms with Crippen molar-refractivity contribution in [3.8, 4) is 0 Å². The molecule has 0 radical (unpaired) electrons. The summed E-state index contributed by atoms with van der Waals surface area (Å²) >= 11 is 6.23. The molecule has 13 nitrogen and oxygen atoms in total. The Labute approximate surface area is 209 Å². The molecule has 2 unspecified atom stereocenters. The number of hydroxylamine groups is 1. The van der Waals surface area contributed by atoms with Gasteiger partial charge in [0.25, 0.3) is 0 Å². The predicted octanol–water partition coefficient (Wildman–Crippen LogP) is 0.486. The number of carboxylic acid groups (broad SMARTS) is 2. The number of halogens is 1. The summed E-state index contributed by atoms with van der Waals surface area (Å²) in [6.07, 6.45) is -0.551. The zero-order valence-electron chi connectivity index (χ0n) is 18.5. The van der Waals surface area contributed by atoms with Crippen molar-refractivity contribution in [1.82, 2.24) is 16.0 Å². The van der Waals surface area contributed by atoms with Crippen LogP contribution in [0.4, 0.5) is 10.5 Å². The largest absolute Gasteiger partial charge is 0.480 e. The molecule has 0 aliphatic heterocycles. The van der Waals surface area contributed by atoms with Gasteiger partial charge in [0.15, 0.2) is 0 Å². The Kier molecular flexibility index (Phi) is 12.7. The maximum atomic E-state index is 12.3. The Bertz CT molecular complexity index is 945. The highest BCUT2D eigenvalue weighted by atomic mass is 35.5. The van der Waals surface area contributed by atoms with Gasteiger partial charge in [-0.3, -0.25) is 39.3 Å². The van der Waals surface area contributed by atoms with Gasteiger partial charge in [-0.15, -0.1) is 0 Å². The van der Waals surface area contributed by atoms with E-state index in [-0.39, 0.29) is 36.6 Å². The summed E-state index contributed by atoms with van der Waals surface area (Å²) in [5.74, 6) is -4.93. The number of rotatable bonds is 14. The average Bonchev–Trinajstić information content (AvgIpc) is 2.79. The maximum Gasteiger partial charge on any atom is 0.322 e. The molecule has 192 valence electrons. The van der Waals surface area contributed by atoms with Crippen LogP contribution in [0.25, 0.3) is 0 Å². The molecule has 0 saturated carbocycles. The Balaban J connectivity index is 2.77. The van der Waals surface area contributed by atoms with Crippen molar-refractivity contribution < 1.29 is 44.2 Å². The van der Waals surface area contributed by atoms with Crippen LogP contribution in [0.15, 0.2) is 24.3 Å². The van der Waals surface area contributed by atoms with Crippen LogP contribution < -0.4 is 21.0 Å². The van der Waals surface area contributed by atoms with E-state index in [1.165, 1.54) is 31.2 Å². The normalized spacial score (nSPS) is 12.2. The second-order valence-electron chi connectivity index (χ2n) is 7.11. The molecule has 3 amide bonds. The van der Waals surface area contributed by atoms with E-state index in [4.69, 9.17) is 16.7 Å². The van der Waals surface area contributed by atoms with Crippen LogP contribution in [0.2, 0.25) is 5.02 Å². The number of hydrogen-bond donors (Lipinski definition) is 6. The molecule has 0 bridgehead atoms. The summed E-state index contributed by atoms with van der Waals surface area (Å²) in [5, 5.41) is 34.7. The molecular weight excluding hydrogens is 508 g/mol. The molecule has 0 aliphatic carbocycles. The van der Waals surface area contributed by atoms with Crippen LogP contribution in [-0.4, -0.2) is 81.1 Å². The lowest BCUT2D eigenvalue weighted by atomic mass is 10.1. The SMILES string of the molecule is CC(=O)CNC(CCC(=O)NC(CSC(=O)N(O)c1ccc(Cl)cc1)C(=O)NCC(=O)O)C(=O)O. The number of carboxylic acids is 2. The van der Waals surface area contributed by atoms with Crippen molar-refractivity contribution in [1.29, 1.82) is 0 Å². The first-order chi connectivity index (χ1) is 16.4. The van der Waals surface area contributed by atoms with Gasteiger partial charge in [0.2, 0.25) is 11.8 Å². The first-order valence-corrected chi connectivity index (χ1v) is 11.4. The fourth-order valence-electron chi connectivity index (χ4n) is 2.49. The molecule has 2 atom stereocenters. The Morgan fingerprint density at radius 1 is 1.03 bits per heavy atom. The number of nitrogens with one attached hydrogen (secondary N) is 3. The molecule has 0 fully saturated rings. The number of amides is 3. The highest BCUT2D eigenvalue weighted by Crippen LogP contribution is 2.20. The summed E-state index contributed by atoms with van der Waals surface area (Å²) in [6, 6.07) is 3.06. The first-order valence-electron chi connectivity index (χ1n) is 10.1. The van der Waals surface area contributed by atoms with Gasteiger partial charge >= 0.3 is 17.2 Å². The van der Waals surface area contributed by atoms with E-state index in [1.807, 2.05) is 0 Å². The summed E-state index contributed by atoms with van der Waals surface area (Å²) < 4.78 is 0. The Morgan fingerprint density at radius 3 is 2.20 bits per heavy atom. The predicted molar refractivity (Wildman–Crippen MR) is 125 cm³/mol. The van der Waals surface area contributed by atoms with Gasteiger partial charge in [-0.25, -0.2) is 0 Å². The molecular formula is C20H25ClN4O9S. The highest BCUT2D eigenvalue weighted by Gasteiger charge is 2.26. The van der Waals surface area contributed by atoms with Gasteiger partial charge in [0.05, 0.1) is 12.2 Å². The fourth-order valence-corrected chi connectivity index (χ4v) is 3.39. The molecule has 0 saturated heterocycles. The molecule has 35 heavy (non-hydrogen) atoms. The lowest BCUT2D eigenvalue weighted by Gasteiger charge is -2.20. The highest BCUT2D eigenvalue weighted by molar-refractivity contribution is 8.13. The van der Waals surface area contributed by atoms with Gasteiger partial charge in [0, 0.05) is 17.2 Å². The van der Waals surface area contributed by atoms with Crippen LogP contribution in [0.3, 0.4) is 0 Å². The zero-order chi connectivity index (χ0) is 26.5. The molecule has 1 rings (SSSR count). The third-order valence-corrected chi connectivity index (χ3v) is 5.41. The van der Waals surface area contributed by atoms with Crippen molar-refractivity contribution in [3.63, 3.8) is 0 Å². The lowest BCUT2D eigenvalue weighted by Crippen LogP contribution is -2.50.